The maximum Gasteiger partial charge on any atom is 0.412 e. The van der Waals surface area contributed by atoms with E-state index in [1.807, 2.05) is 0 Å². The number of carboxylic acids is 1. The van der Waals surface area contributed by atoms with Gasteiger partial charge in [-0.05, 0) is 22.3 Å². The molecule has 6 nitrogen and oxygen atoms in total. The molecule has 1 aliphatic heterocycles. The molecule has 1 N–H and O–H groups in total. The van der Waals surface area contributed by atoms with Crippen LogP contribution >= 0.6 is 0 Å². The summed E-state index contributed by atoms with van der Waals surface area (Å²) < 4.78 is 52.3. The van der Waals surface area contributed by atoms with Gasteiger partial charge >= 0.3 is 12.1 Å². The molecule has 128 valence electrons. The van der Waals surface area contributed by atoms with Crippen LogP contribution in [0, 0.1) is 0 Å². The molecule has 4 rings (SSSR count). The molecule has 2 atom stereocenters. The summed E-state index contributed by atoms with van der Waals surface area (Å²) >= 11 is 0. The molecule has 1 fully saturated rings. The molecule has 1 amide bonds. The quantitative estimate of drug-likeness (QED) is 0.926. The summed E-state index contributed by atoms with van der Waals surface area (Å²) in [5, 5.41) is 9.17. The van der Waals surface area contributed by atoms with Crippen molar-refractivity contribution in [3.63, 3.8) is 0 Å². The van der Waals surface area contributed by atoms with Crippen LogP contribution < -0.4 is 0 Å². The topological polar surface area (TPSA) is 76.1 Å². The van der Waals surface area contributed by atoms with Crippen molar-refractivity contribution >= 4 is 12.1 Å². The van der Waals surface area contributed by atoms with E-state index < -0.39 is 30.7 Å². The fourth-order valence-corrected chi connectivity index (χ4v) is 3.00. The first-order chi connectivity index (χ1) is 14.1. The highest BCUT2D eigenvalue weighted by Crippen LogP contribution is 2.44. The minimum Gasteiger partial charge on any atom is -0.478 e. The van der Waals surface area contributed by atoms with Crippen molar-refractivity contribution in [3.8, 4) is 11.1 Å². The number of fused-ring (bicyclic) bond motifs is 3. The highest BCUT2D eigenvalue weighted by Gasteiger charge is 2.37. The molecule has 0 radical (unpaired) electrons. The van der Waals surface area contributed by atoms with Gasteiger partial charge in [0, 0.05) is 7.26 Å². The Kier molecular flexibility index (Phi) is 2.71. The standard InChI is InChI=1S/C19H17NO5/c21-18(22)17-20(9-10-24-17)19(23)25-11-16-14-7-3-1-5-12(14)13-6-2-4-8-15(13)16/h1-8,16-17H,9-11H2,(H,21,22)/t17-/m0/s1/i3D,7D,11D2,16D/t16?,17-. The van der Waals surface area contributed by atoms with Gasteiger partial charge in [0.25, 0.3) is 0 Å². The average molecular weight is 344 g/mol. The number of nitrogens with zero attached hydrogens (tertiary/aromatic N) is 1. The first-order valence-corrected chi connectivity index (χ1v) is 7.64. The molecule has 2 aliphatic rings. The Morgan fingerprint density at radius 3 is 2.92 bits per heavy atom. The Bertz CT molecular complexity index is 1060. The maximum absolute atomic E-state index is 12.6. The van der Waals surface area contributed by atoms with Crippen molar-refractivity contribution < 1.29 is 31.0 Å². The average Bonchev–Trinajstić information content (AvgIpc) is 3.28. The molecule has 0 spiro atoms. The summed E-state index contributed by atoms with van der Waals surface area (Å²) in [4.78, 5) is 24.6. The Balaban J connectivity index is 1.80. The second-order valence-electron chi connectivity index (χ2n) is 5.54. The monoisotopic (exact) mass is 344 g/mol. The van der Waals surface area contributed by atoms with Crippen molar-refractivity contribution in [3.05, 3.63) is 59.6 Å². The normalized spacial score (nSPS) is 27.3. The Hall–Kier alpha value is -2.86. The fraction of sp³-hybridized carbons (Fsp3) is 0.263. The maximum atomic E-state index is 12.6. The number of hydrogen-bond acceptors (Lipinski definition) is 4. The van der Waals surface area contributed by atoms with Gasteiger partial charge in [0.2, 0.25) is 6.23 Å². The van der Waals surface area contributed by atoms with E-state index in [0.29, 0.717) is 11.1 Å². The van der Waals surface area contributed by atoms with Crippen LogP contribution in [-0.2, 0) is 14.3 Å². The summed E-state index contributed by atoms with van der Waals surface area (Å²) in [6.07, 6.45) is -2.89. The molecule has 0 bridgehead atoms. The van der Waals surface area contributed by atoms with Gasteiger partial charge < -0.3 is 14.6 Å². The number of ether oxygens (including phenoxy) is 2. The zero-order valence-corrected chi connectivity index (χ0v) is 13.0. The molecule has 1 unspecified atom stereocenters. The zero-order chi connectivity index (χ0) is 21.8. The molecule has 1 aliphatic carbocycles. The van der Waals surface area contributed by atoms with Crippen molar-refractivity contribution in [2.45, 2.75) is 12.1 Å². The molecule has 1 saturated heterocycles. The van der Waals surface area contributed by atoms with Gasteiger partial charge in [0.1, 0.15) is 6.56 Å². The van der Waals surface area contributed by atoms with Crippen LogP contribution in [-0.4, -0.2) is 48.0 Å². The van der Waals surface area contributed by atoms with Crippen molar-refractivity contribution in [1.29, 1.82) is 0 Å². The fourth-order valence-electron chi connectivity index (χ4n) is 3.00. The number of rotatable bonds is 3. The molecule has 25 heavy (non-hydrogen) atoms. The number of carbonyl (C=O) groups is 2. The highest BCUT2D eigenvalue weighted by atomic mass is 16.6. The number of carbonyl (C=O) groups excluding carboxylic acids is 1. The van der Waals surface area contributed by atoms with Crippen LogP contribution in [0.1, 0.15) is 23.9 Å². The predicted octanol–water partition coefficient (Wildman–Crippen LogP) is 2.68. The molecular formula is C19H17NO5. The molecule has 1 heterocycles. The van der Waals surface area contributed by atoms with E-state index >= 15 is 0 Å². The van der Waals surface area contributed by atoms with E-state index in [-0.39, 0.29) is 36.4 Å². The van der Waals surface area contributed by atoms with E-state index in [1.165, 1.54) is 18.2 Å². The molecule has 6 heteroatoms. The van der Waals surface area contributed by atoms with E-state index in [2.05, 4.69) is 0 Å². The van der Waals surface area contributed by atoms with Crippen molar-refractivity contribution in [1.82, 2.24) is 4.90 Å². The van der Waals surface area contributed by atoms with Crippen molar-refractivity contribution in [2.75, 3.05) is 19.7 Å². The lowest BCUT2D eigenvalue weighted by Gasteiger charge is -2.21. The molecule has 0 saturated carbocycles. The Morgan fingerprint density at radius 1 is 1.32 bits per heavy atom. The lowest BCUT2D eigenvalue weighted by molar-refractivity contribution is -0.153. The van der Waals surface area contributed by atoms with Crippen LogP contribution in [0.5, 0.6) is 0 Å². The molecule has 2 aromatic carbocycles. The third-order valence-electron chi connectivity index (χ3n) is 4.11. The van der Waals surface area contributed by atoms with Gasteiger partial charge in [-0.1, -0.05) is 48.5 Å². The Morgan fingerprint density at radius 2 is 2.08 bits per heavy atom. The molecular weight excluding hydrogens is 322 g/mol. The summed E-state index contributed by atoms with van der Waals surface area (Å²) in [5.74, 6) is -3.75. The van der Waals surface area contributed by atoms with E-state index in [0.717, 1.165) is 4.90 Å². The van der Waals surface area contributed by atoms with Crippen molar-refractivity contribution in [2.24, 2.45) is 0 Å². The first-order valence-electron chi connectivity index (χ1n) is 10.1. The van der Waals surface area contributed by atoms with E-state index in [4.69, 9.17) is 21.4 Å². The predicted molar refractivity (Wildman–Crippen MR) is 89.2 cm³/mol. The van der Waals surface area contributed by atoms with Gasteiger partial charge in [0.15, 0.2) is 0 Å². The van der Waals surface area contributed by atoms with Crippen LogP contribution in [0.4, 0.5) is 4.79 Å². The Labute approximate surface area is 151 Å². The largest absolute Gasteiger partial charge is 0.478 e. The number of benzene rings is 2. The number of amides is 1. The van der Waals surface area contributed by atoms with Gasteiger partial charge in [-0.15, -0.1) is 0 Å². The SMILES string of the molecule is [2H]c1ccc2c(c1[2H])C([2H])(C([2H])([2H])OC(=O)N1CCO[C@H]1C(=O)O)c1ccccc1-2. The summed E-state index contributed by atoms with van der Waals surface area (Å²) in [6.45, 7) is -3.14. The van der Waals surface area contributed by atoms with Crippen LogP contribution in [0.15, 0.2) is 48.5 Å². The number of carboxylic acid groups (broad SMARTS) is 1. The van der Waals surface area contributed by atoms with Gasteiger partial charge in [-0.2, -0.15) is 0 Å². The molecule has 2 aromatic rings. The second kappa shape index (κ2) is 6.22. The van der Waals surface area contributed by atoms with E-state index in [1.54, 1.807) is 18.2 Å². The summed E-state index contributed by atoms with van der Waals surface area (Å²) in [6, 6.07) is 8.88. The number of aliphatic carboxylic acids is 1. The first kappa shape index (κ1) is 10.9. The van der Waals surface area contributed by atoms with Crippen LogP contribution in [0.25, 0.3) is 11.1 Å². The zero-order valence-electron chi connectivity index (χ0n) is 18.0. The molecule has 0 aromatic heterocycles. The van der Waals surface area contributed by atoms with Gasteiger partial charge in [-0.3, -0.25) is 4.90 Å². The minimum absolute atomic E-state index is 0.0498. The lowest BCUT2D eigenvalue weighted by atomic mass is 9.98. The van der Waals surface area contributed by atoms with Crippen LogP contribution in [0.3, 0.4) is 0 Å². The smallest absolute Gasteiger partial charge is 0.412 e. The number of hydrogen-bond donors (Lipinski definition) is 1. The minimum atomic E-state index is -2.99. The second-order valence-corrected chi connectivity index (χ2v) is 5.54. The highest BCUT2D eigenvalue weighted by molar-refractivity contribution is 5.80. The third-order valence-corrected chi connectivity index (χ3v) is 4.11. The summed E-state index contributed by atoms with van der Waals surface area (Å²) in [7, 11) is 0. The van der Waals surface area contributed by atoms with Gasteiger partial charge in [-0.25, -0.2) is 9.59 Å². The van der Waals surface area contributed by atoms with E-state index in [9.17, 15) is 9.59 Å². The third kappa shape index (κ3) is 2.64. The lowest BCUT2D eigenvalue weighted by Crippen LogP contribution is -2.41. The van der Waals surface area contributed by atoms with Crippen LogP contribution in [0.2, 0.25) is 0 Å². The summed E-state index contributed by atoms with van der Waals surface area (Å²) in [5.41, 5.74) is 1.02. The van der Waals surface area contributed by atoms with Gasteiger partial charge in [0.05, 0.1) is 18.6 Å².